The van der Waals surface area contributed by atoms with E-state index in [9.17, 15) is 4.79 Å². The molecule has 1 heterocycles. The average Bonchev–Trinajstić information content (AvgIpc) is 2.33. The molecule has 0 aliphatic rings. The molecule has 0 saturated heterocycles. The van der Waals surface area contributed by atoms with Crippen LogP contribution >= 0.6 is 11.9 Å². The summed E-state index contributed by atoms with van der Waals surface area (Å²) in [7, 11) is 0. The first-order chi connectivity index (χ1) is 8.20. The number of benzene rings is 1. The third kappa shape index (κ3) is 2.59. The van der Waals surface area contributed by atoms with E-state index >= 15 is 0 Å². The van der Waals surface area contributed by atoms with Crippen LogP contribution in [0.3, 0.4) is 0 Å². The number of aromatic hydroxyl groups is 1. The van der Waals surface area contributed by atoms with Crippen LogP contribution in [0.1, 0.15) is 0 Å². The summed E-state index contributed by atoms with van der Waals surface area (Å²) in [5.74, 6) is 0.0460. The highest BCUT2D eigenvalue weighted by molar-refractivity contribution is 7.99. The van der Waals surface area contributed by atoms with Crippen LogP contribution in [0.2, 0.25) is 0 Å². The highest BCUT2D eigenvalue weighted by Crippen LogP contribution is 2.20. The van der Waals surface area contributed by atoms with E-state index in [1.165, 1.54) is 11.9 Å². The van der Waals surface area contributed by atoms with Crippen molar-refractivity contribution < 1.29 is 5.11 Å². The predicted molar refractivity (Wildman–Crippen MR) is 69.1 cm³/mol. The SMILES string of the molecule is CSNc1cccc(-c2ncc(O)c(=O)[nH]2)c1. The molecule has 5 nitrogen and oxygen atoms in total. The van der Waals surface area contributed by atoms with Crippen molar-refractivity contribution in [3.8, 4) is 17.1 Å². The summed E-state index contributed by atoms with van der Waals surface area (Å²) in [5.41, 5.74) is 1.16. The molecule has 0 atom stereocenters. The minimum absolute atomic E-state index is 0.382. The molecule has 88 valence electrons. The van der Waals surface area contributed by atoms with Gasteiger partial charge in [0.25, 0.3) is 5.56 Å². The molecule has 1 aromatic carbocycles. The van der Waals surface area contributed by atoms with Crippen LogP contribution < -0.4 is 10.3 Å². The Hall–Kier alpha value is -1.95. The number of nitrogens with zero attached hydrogens (tertiary/aromatic N) is 1. The summed E-state index contributed by atoms with van der Waals surface area (Å²) >= 11 is 1.48. The maximum atomic E-state index is 11.3. The van der Waals surface area contributed by atoms with Crippen LogP contribution in [0, 0.1) is 0 Å². The Kier molecular flexibility index (Phi) is 3.34. The highest BCUT2D eigenvalue weighted by Gasteiger charge is 2.03. The number of anilines is 1. The zero-order valence-electron chi connectivity index (χ0n) is 9.10. The van der Waals surface area contributed by atoms with Gasteiger partial charge in [-0.2, -0.15) is 0 Å². The Balaban J connectivity index is 2.42. The van der Waals surface area contributed by atoms with Crippen molar-refractivity contribution in [1.29, 1.82) is 0 Å². The van der Waals surface area contributed by atoms with Crippen molar-refractivity contribution in [1.82, 2.24) is 9.97 Å². The zero-order chi connectivity index (χ0) is 12.3. The van der Waals surface area contributed by atoms with Gasteiger partial charge in [0.2, 0.25) is 0 Å². The number of H-pyrrole nitrogens is 1. The fraction of sp³-hybridized carbons (Fsp3) is 0.0909. The lowest BCUT2D eigenvalue weighted by molar-refractivity contribution is 0.463. The van der Waals surface area contributed by atoms with Gasteiger partial charge in [0, 0.05) is 17.5 Å². The summed E-state index contributed by atoms with van der Waals surface area (Å²) < 4.78 is 3.09. The van der Waals surface area contributed by atoms with E-state index in [4.69, 9.17) is 5.11 Å². The van der Waals surface area contributed by atoms with Gasteiger partial charge >= 0.3 is 0 Å². The molecule has 0 unspecified atom stereocenters. The smallest absolute Gasteiger partial charge is 0.293 e. The first kappa shape index (κ1) is 11.5. The number of rotatable bonds is 3. The van der Waals surface area contributed by atoms with Crippen LogP contribution in [-0.2, 0) is 0 Å². The van der Waals surface area contributed by atoms with Gasteiger partial charge in [-0.3, -0.25) is 4.79 Å². The fourth-order valence-electron chi connectivity index (χ4n) is 1.38. The van der Waals surface area contributed by atoms with Crippen molar-refractivity contribution in [3.63, 3.8) is 0 Å². The van der Waals surface area contributed by atoms with Crippen molar-refractivity contribution in [2.45, 2.75) is 0 Å². The molecule has 0 fully saturated rings. The number of hydrogen-bond acceptors (Lipinski definition) is 5. The Labute approximate surface area is 102 Å². The van der Waals surface area contributed by atoms with E-state index in [2.05, 4.69) is 14.7 Å². The van der Waals surface area contributed by atoms with Crippen LogP contribution in [0.5, 0.6) is 5.75 Å². The summed E-state index contributed by atoms with van der Waals surface area (Å²) in [6, 6.07) is 7.48. The molecule has 6 heteroatoms. The van der Waals surface area contributed by atoms with E-state index in [1.54, 1.807) is 0 Å². The van der Waals surface area contributed by atoms with Crippen molar-refractivity contribution >= 4 is 17.6 Å². The molecular formula is C11H11N3O2S. The van der Waals surface area contributed by atoms with Crippen LogP contribution in [-0.4, -0.2) is 21.3 Å². The summed E-state index contributed by atoms with van der Waals surface area (Å²) in [4.78, 5) is 17.7. The van der Waals surface area contributed by atoms with E-state index in [-0.39, 0.29) is 5.75 Å². The van der Waals surface area contributed by atoms with Crippen LogP contribution in [0.4, 0.5) is 5.69 Å². The zero-order valence-corrected chi connectivity index (χ0v) is 9.91. The molecule has 17 heavy (non-hydrogen) atoms. The van der Waals surface area contributed by atoms with Gasteiger partial charge in [-0.1, -0.05) is 24.1 Å². The Morgan fingerprint density at radius 1 is 1.47 bits per heavy atom. The quantitative estimate of drug-likeness (QED) is 0.723. The molecule has 3 N–H and O–H groups in total. The third-order valence-electron chi connectivity index (χ3n) is 2.14. The largest absolute Gasteiger partial charge is 0.502 e. The Bertz CT molecular complexity index is 583. The molecule has 2 aromatic rings. The fourth-order valence-corrected chi connectivity index (χ4v) is 1.75. The van der Waals surface area contributed by atoms with Gasteiger partial charge in [0.05, 0.1) is 6.20 Å². The number of hydrogen-bond donors (Lipinski definition) is 3. The third-order valence-corrected chi connectivity index (χ3v) is 2.58. The second-order valence-corrected chi connectivity index (χ2v) is 3.95. The molecule has 0 aliphatic heterocycles. The van der Waals surface area contributed by atoms with Crippen molar-refractivity contribution in [2.24, 2.45) is 0 Å². The molecule has 0 aliphatic carbocycles. The molecule has 0 radical (unpaired) electrons. The maximum absolute atomic E-state index is 11.3. The van der Waals surface area contributed by atoms with Crippen LogP contribution in [0.25, 0.3) is 11.4 Å². The lowest BCUT2D eigenvalue weighted by atomic mass is 10.2. The molecule has 0 amide bonds. The number of aromatic amines is 1. The van der Waals surface area contributed by atoms with Gasteiger partial charge in [-0.15, -0.1) is 0 Å². The predicted octanol–water partition coefficient (Wildman–Crippen LogP) is 1.83. The second-order valence-electron chi connectivity index (χ2n) is 3.33. The lowest BCUT2D eigenvalue weighted by Gasteiger charge is -2.05. The Morgan fingerprint density at radius 2 is 2.29 bits per heavy atom. The Morgan fingerprint density at radius 3 is 3.00 bits per heavy atom. The van der Waals surface area contributed by atoms with E-state index in [0.29, 0.717) is 5.82 Å². The molecule has 0 saturated carbocycles. The monoisotopic (exact) mass is 249 g/mol. The summed E-state index contributed by atoms with van der Waals surface area (Å²) in [5, 5.41) is 9.11. The maximum Gasteiger partial charge on any atom is 0.293 e. The van der Waals surface area contributed by atoms with Gasteiger partial charge < -0.3 is 14.8 Å². The first-order valence-electron chi connectivity index (χ1n) is 4.88. The molecule has 2 rings (SSSR count). The average molecular weight is 249 g/mol. The van der Waals surface area contributed by atoms with E-state index in [0.717, 1.165) is 17.4 Å². The van der Waals surface area contributed by atoms with Gasteiger partial charge in [-0.05, 0) is 12.1 Å². The second kappa shape index (κ2) is 4.92. The summed E-state index contributed by atoms with van der Waals surface area (Å²) in [6.07, 6.45) is 3.07. The van der Waals surface area contributed by atoms with Gasteiger partial charge in [0.1, 0.15) is 5.82 Å². The molecular weight excluding hydrogens is 238 g/mol. The van der Waals surface area contributed by atoms with Crippen LogP contribution in [0.15, 0.2) is 35.3 Å². The molecule has 1 aromatic heterocycles. The standard InChI is InChI=1S/C11H11N3O2S/c1-17-14-8-4-2-3-7(5-8)10-12-6-9(15)11(16)13-10/h2-6,14-15H,1H3,(H,12,13,16). The first-order valence-corrected chi connectivity index (χ1v) is 6.11. The number of aromatic nitrogens is 2. The minimum Gasteiger partial charge on any atom is -0.502 e. The van der Waals surface area contributed by atoms with E-state index < -0.39 is 5.56 Å². The number of nitrogens with one attached hydrogen (secondary N) is 2. The summed E-state index contributed by atoms with van der Waals surface area (Å²) in [6.45, 7) is 0. The topological polar surface area (TPSA) is 78.0 Å². The molecule has 0 spiro atoms. The van der Waals surface area contributed by atoms with Gasteiger partial charge in [-0.25, -0.2) is 4.98 Å². The van der Waals surface area contributed by atoms with Crippen molar-refractivity contribution in [3.05, 3.63) is 40.8 Å². The van der Waals surface area contributed by atoms with Crippen molar-refractivity contribution in [2.75, 3.05) is 11.0 Å². The minimum atomic E-state index is -0.543. The van der Waals surface area contributed by atoms with E-state index in [1.807, 2.05) is 30.5 Å². The lowest BCUT2D eigenvalue weighted by Crippen LogP contribution is -2.07. The highest BCUT2D eigenvalue weighted by atomic mass is 32.2. The van der Waals surface area contributed by atoms with Gasteiger partial charge in [0.15, 0.2) is 5.75 Å². The molecule has 0 bridgehead atoms. The normalized spacial score (nSPS) is 10.2.